The van der Waals surface area contributed by atoms with Crippen molar-refractivity contribution in [2.24, 2.45) is 0 Å². The Bertz CT molecular complexity index is 826. The molecule has 0 aliphatic carbocycles. The largest absolute Gasteiger partial charge is 0.349 e. The van der Waals surface area contributed by atoms with Crippen LogP contribution in [0, 0.1) is 6.92 Å². The van der Waals surface area contributed by atoms with Crippen molar-refractivity contribution in [2.45, 2.75) is 59.0 Å². The van der Waals surface area contributed by atoms with E-state index in [4.69, 9.17) is 0 Å². The molecule has 0 atom stereocenters. The van der Waals surface area contributed by atoms with Crippen LogP contribution in [-0.2, 0) is 19.5 Å². The number of unbranched alkanes of at least 4 members (excludes halogenated alkanes) is 1. The summed E-state index contributed by atoms with van der Waals surface area (Å²) in [7, 11) is 0. The van der Waals surface area contributed by atoms with Crippen LogP contribution in [0.15, 0.2) is 24.3 Å². The first-order chi connectivity index (χ1) is 13.1. The number of rotatable bonds is 7. The number of hydrogen-bond acceptors (Lipinski definition) is 3. The number of fused-ring (bicyclic) bond motifs is 1. The van der Waals surface area contributed by atoms with Crippen LogP contribution < -0.4 is 10.6 Å². The zero-order valence-corrected chi connectivity index (χ0v) is 16.2. The number of nitrogens with one attached hydrogen (secondary N) is 2. The predicted octanol–water partition coefficient (Wildman–Crippen LogP) is 2.99. The Labute approximate surface area is 160 Å². The van der Waals surface area contributed by atoms with Crippen LogP contribution in [0.4, 0.5) is 0 Å². The quantitative estimate of drug-likeness (QED) is 0.738. The molecule has 2 aromatic rings. The van der Waals surface area contributed by atoms with Crippen molar-refractivity contribution in [1.82, 2.24) is 20.2 Å². The second-order valence-corrected chi connectivity index (χ2v) is 7.12. The van der Waals surface area contributed by atoms with Gasteiger partial charge in [-0.1, -0.05) is 43.2 Å². The van der Waals surface area contributed by atoms with Gasteiger partial charge in [0, 0.05) is 19.6 Å². The van der Waals surface area contributed by atoms with Crippen molar-refractivity contribution in [3.05, 3.63) is 52.6 Å². The maximum Gasteiger partial charge on any atom is 0.287 e. The minimum Gasteiger partial charge on any atom is -0.349 e. The van der Waals surface area contributed by atoms with E-state index in [1.807, 2.05) is 29.7 Å². The van der Waals surface area contributed by atoms with E-state index in [9.17, 15) is 9.59 Å². The summed E-state index contributed by atoms with van der Waals surface area (Å²) in [6, 6.07) is 8.05. The molecule has 1 aromatic carbocycles. The standard InChI is InChI=1S/C21H28N4O2/c1-3-4-11-22-21(27)19-24-18(17-10-5-6-12-25(17)19)20(26)23-14-16-9-7-8-15(2)13-16/h7-9,13H,3-6,10-12,14H2,1-2H3,(H,22,27)(H,23,26). The van der Waals surface area contributed by atoms with Crippen molar-refractivity contribution in [2.75, 3.05) is 6.54 Å². The monoisotopic (exact) mass is 368 g/mol. The van der Waals surface area contributed by atoms with E-state index in [0.717, 1.165) is 55.5 Å². The van der Waals surface area contributed by atoms with E-state index in [0.29, 0.717) is 24.6 Å². The molecule has 0 spiro atoms. The highest BCUT2D eigenvalue weighted by molar-refractivity contribution is 5.97. The average molecular weight is 368 g/mol. The fourth-order valence-corrected chi connectivity index (χ4v) is 3.44. The highest BCUT2D eigenvalue weighted by Gasteiger charge is 2.27. The lowest BCUT2D eigenvalue weighted by Gasteiger charge is -2.17. The molecule has 0 saturated carbocycles. The first-order valence-corrected chi connectivity index (χ1v) is 9.81. The summed E-state index contributed by atoms with van der Waals surface area (Å²) in [6.07, 6.45) is 4.75. The Morgan fingerprint density at radius 3 is 2.81 bits per heavy atom. The van der Waals surface area contributed by atoms with Gasteiger partial charge in [0.15, 0.2) is 5.82 Å². The highest BCUT2D eigenvalue weighted by atomic mass is 16.2. The normalized spacial score (nSPS) is 13.1. The Morgan fingerprint density at radius 1 is 1.19 bits per heavy atom. The maximum atomic E-state index is 12.8. The molecule has 1 aromatic heterocycles. The lowest BCUT2D eigenvalue weighted by Crippen LogP contribution is -2.28. The van der Waals surface area contributed by atoms with Crippen molar-refractivity contribution >= 4 is 11.8 Å². The fraction of sp³-hybridized carbons (Fsp3) is 0.476. The van der Waals surface area contributed by atoms with Crippen LogP contribution in [0.1, 0.15) is 70.5 Å². The number of hydrogen-bond donors (Lipinski definition) is 2. The van der Waals surface area contributed by atoms with E-state index < -0.39 is 0 Å². The van der Waals surface area contributed by atoms with E-state index in [-0.39, 0.29) is 11.8 Å². The number of benzene rings is 1. The van der Waals surface area contributed by atoms with Gasteiger partial charge < -0.3 is 15.2 Å². The molecule has 2 N–H and O–H groups in total. The summed E-state index contributed by atoms with van der Waals surface area (Å²) in [6.45, 7) is 5.93. The summed E-state index contributed by atoms with van der Waals surface area (Å²) >= 11 is 0. The smallest absolute Gasteiger partial charge is 0.287 e. The van der Waals surface area contributed by atoms with E-state index in [1.165, 1.54) is 0 Å². The van der Waals surface area contributed by atoms with Gasteiger partial charge in [0.05, 0.1) is 5.69 Å². The van der Waals surface area contributed by atoms with Gasteiger partial charge in [0.25, 0.3) is 11.8 Å². The van der Waals surface area contributed by atoms with Gasteiger partial charge in [-0.25, -0.2) is 4.98 Å². The molecule has 27 heavy (non-hydrogen) atoms. The van der Waals surface area contributed by atoms with Crippen LogP contribution in [0.25, 0.3) is 0 Å². The SMILES string of the molecule is CCCCNC(=O)c1nc(C(=O)NCc2cccc(C)c2)c2n1CCCC2. The van der Waals surface area contributed by atoms with Crippen LogP contribution in [-0.4, -0.2) is 27.9 Å². The molecule has 144 valence electrons. The molecular formula is C21H28N4O2. The van der Waals surface area contributed by atoms with E-state index in [2.05, 4.69) is 28.6 Å². The van der Waals surface area contributed by atoms with Crippen LogP contribution in [0.2, 0.25) is 0 Å². The molecule has 6 heteroatoms. The number of amides is 2. The molecule has 0 fully saturated rings. The second kappa shape index (κ2) is 8.84. The van der Waals surface area contributed by atoms with E-state index >= 15 is 0 Å². The molecule has 3 rings (SSSR count). The lowest BCUT2D eigenvalue weighted by molar-refractivity contribution is 0.0937. The Kier molecular flexibility index (Phi) is 6.27. The third-order valence-electron chi connectivity index (χ3n) is 4.89. The molecule has 2 heterocycles. The molecule has 1 aliphatic rings. The van der Waals surface area contributed by atoms with Gasteiger partial charge in [0.1, 0.15) is 5.69 Å². The minimum atomic E-state index is -0.213. The van der Waals surface area contributed by atoms with Crippen molar-refractivity contribution < 1.29 is 9.59 Å². The maximum absolute atomic E-state index is 12.8. The van der Waals surface area contributed by atoms with Gasteiger partial charge >= 0.3 is 0 Å². The van der Waals surface area contributed by atoms with Crippen LogP contribution in [0.3, 0.4) is 0 Å². The van der Waals surface area contributed by atoms with Gasteiger partial charge in [-0.05, 0) is 38.2 Å². The summed E-state index contributed by atoms with van der Waals surface area (Å²) in [5, 5.41) is 5.86. The van der Waals surface area contributed by atoms with Gasteiger partial charge in [-0.3, -0.25) is 9.59 Å². The topological polar surface area (TPSA) is 76.0 Å². The number of carbonyl (C=O) groups excluding carboxylic acids is 2. The summed E-state index contributed by atoms with van der Waals surface area (Å²) in [5.41, 5.74) is 3.48. The molecule has 0 radical (unpaired) electrons. The predicted molar refractivity (Wildman–Crippen MR) is 105 cm³/mol. The van der Waals surface area contributed by atoms with Crippen molar-refractivity contribution in [1.29, 1.82) is 0 Å². The summed E-state index contributed by atoms with van der Waals surface area (Å²) in [4.78, 5) is 29.7. The zero-order chi connectivity index (χ0) is 19.2. The van der Waals surface area contributed by atoms with Crippen molar-refractivity contribution in [3.8, 4) is 0 Å². The number of nitrogens with zero attached hydrogens (tertiary/aromatic N) is 2. The van der Waals surface area contributed by atoms with Gasteiger partial charge in [-0.2, -0.15) is 0 Å². The number of imidazole rings is 1. The molecule has 0 unspecified atom stereocenters. The van der Waals surface area contributed by atoms with Crippen LogP contribution in [0.5, 0.6) is 0 Å². The third kappa shape index (κ3) is 4.56. The molecule has 2 amide bonds. The van der Waals surface area contributed by atoms with Crippen molar-refractivity contribution in [3.63, 3.8) is 0 Å². The zero-order valence-electron chi connectivity index (χ0n) is 16.2. The lowest BCUT2D eigenvalue weighted by atomic mass is 10.1. The number of carbonyl (C=O) groups is 2. The van der Waals surface area contributed by atoms with E-state index in [1.54, 1.807) is 0 Å². The third-order valence-corrected chi connectivity index (χ3v) is 4.89. The first kappa shape index (κ1) is 19.1. The van der Waals surface area contributed by atoms with Gasteiger partial charge in [0.2, 0.25) is 0 Å². The number of aromatic nitrogens is 2. The molecule has 0 saturated heterocycles. The highest BCUT2D eigenvalue weighted by Crippen LogP contribution is 2.21. The van der Waals surface area contributed by atoms with Crippen LogP contribution >= 0.6 is 0 Å². The van der Waals surface area contributed by atoms with Gasteiger partial charge in [-0.15, -0.1) is 0 Å². The Hall–Kier alpha value is -2.63. The molecule has 1 aliphatic heterocycles. The molecular weight excluding hydrogens is 340 g/mol. The Balaban J connectivity index is 1.76. The molecule has 0 bridgehead atoms. The average Bonchev–Trinajstić information content (AvgIpc) is 3.06. The second-order valence-electron chi connectivity index (χ2n) is 7.12. The Morgan fingerprint density at radius 2 is 2.04 bits per heavy atom. The summed E-state index contributed by atoms with van der Waals surface area (Å²) in [5.74, 6) is -0.0411. The fourth-order valence-electron chi connectivity index (χ4n) is 3.44. The molecule has 6 nitrogen and oxygen atoms in total. The minimum absolute atomic E-state index is 0.190. The summed E-state index contributed by atoms with van der Waals surface area (Å²) < 4.78 is 1.92. The number of aryl methyl sites for hydroxylation is 1. The first-order valence-electron chi connectivity index (χ1n) is 9.81.